The number of anilines is 1. The van der Waals surface area contributed by atoms with Gasteiger partial charge in [0, 0.05) is 44.4 Å². The lowest BCUT2D eigenvalue weighted by molar-refractivity contribution is -0.131. The normalized spacial score (nSPS) is 13.8. The average Bonchev–Trinajstić information content (AvgIpc) is 2.84. The Morgan fingerprint density at radius 3 is 2.48 bits per heavy atom. The van der Waals surface area contributed by atoms with Gasteiger partial charge < -0.3 is 14.5 Å². The maximum Gasteiger partial charge on any atom is 0.223 e. The van der Waals surface area contributed by atoms with Gasteiger partial charge in [0.05, 0.1) is 6.61 Å². The van der Waals surface area contributed by atoms with Crippen molar-refractivity contribution in [3.8, 4) is 17.1 Å². The fourth-order valence-electron chi connectivity index (χ4n) is 3.84. The zero-order valence-corrected chi connectivity index (χ0v) is 17.9. The second-order valence-corrected chi connectivity index (χ2v) is 7.51. The van der Waals surface area contributed by atoms with E-state index in [0.717, 1.165) is 41.6 Å². The summed E-state index contributed by atoms with van der Waals surface area (Å²) in [6.07, 6.45) is 3.00. The van der Waals surface area contributed by atoms with Crippen LogP contribution in [-0.2, 0) is 11.2 Å². The lowest BCUT2D eigenvalue weighted by atomic mass is 10.1. The van der Waals surface area contributed by atoms with E-state index in [1.54, 1.807) is 6.20 Å². The molecule has 0 bridgehead atoms. The van der Waals surface area contributed by atoms with Gasteiger partial charge in [0.2, 0.25) is 5.91 Å². The number of para-hydroxylation sites is 1. The summed E-state index contributed by atoms with van der Waals surface area (Å²) in [6.45, 7) is 5.55. The number of carbonyl (C=O) groups excluding carboxylic acids is 1. The van der Waals surface area contributed by atoms with E-state index in [9.17, 15) is 4.79 Å². The Balaban J connectivity index is 1.32. The molecule has 1 aromatic heterocycles. The van der Waals surface area contributed by atoms with E-state index < -0.39 is 0 Å². The molecule has 6 heteroatoms. The summed E-state index contributed by atoms with van der Waals surface area (Å²) in [6, 6.07) is 19.9. The zero-order valence-electron chi connectivity index (χ0n) is 17.9. The summed E-state index contributed by atoms with van der Waals surface area (Å²) < 4.78 is 5.68. The highest BCUT2D eigenvalue weighted by Crippen LogP contribution is 2.21. The smallest absolute Gasteiger partial charge is 0.223 e. The molecule has 0 radical (unpaired) electrons. The summed E-state index contributed by atoms with van der Waals surface area (Å²) >= 11 is 0. The minimum atomic E-state index is 0.193. The van der Waals surface area contributed by atoms with E-state index in [0.29, 0.717) is 32.5 Å². The van der Waals surface area contributed by atoms with Crippen molar-refractivity contribution in [2.24, 2.45) is 0 Å². The summed E-state index contributed by atoms with van der Waals surface area (Å²) in [4.78, 5) is 26.1. The third kappa shape index (κ3) is 5.20. The lowest BCUT2D eigenvalue weighted by Crippen LogP contribution is -2.49. The first kappa shape index (κ1) is 20.8. The van der Waals surface area contributed by atoms with E-state index in [-0.39, 0.29) is 5.91 Å². The van der Waals surface area contributed by atoms with E-state index in [1.807, 2.05) is 72.5 Å². The second kappa shape index (κ2) is 10.1. The van der Waals surface area contributed by atoms with Crippen LogP contribution in [0, 0.1) is 0 Å². The first-order valence-corrected chi connectivity index (χ1v) is 10.9. The third-order valence-corrected chi connectivity index (χ3v) is 5.51. The van der Waals surface area contributed by atoms with Crippen LogP contribution in [0.1, 0.15) is 18.9 Å². The van der Waals surface area contributed by atoms with Crippen molar-refractivity contribution < 1.29 is 9.53 Å². The summed E-state index contributed by atoms with van der Waals surface area (Å²) in [7, 11) is 0. The number of hydrogen-bond donors (Lipinski definition) is 0. The Bertz CT molecular complexity index is 1000. The molecule has 1 aliphatic rings. The van der Waals surface area contributed by atoms with Crippen molar-refractivity contribution in [2.75, 3.05) is 37.7 Å². The van der Waals surface area contributed by atoms with Crippen molar-refractivity contribution in [1.82, 2.24) is 14.9 Å². The minimum absolute atomic E-state index is 0.193. The largest absolute Gasteiger partial charge is 0.494 e. The minimum Gasteiger partial charge on any atom is -0.494 e. The van der Waals surface area contributed by atoms with E-state index in [4.69, 9.17) is 9.72 Å². The SMILES string of the molecule is CCOc1ccccc1CCC(=O)N1CCN(c2ccnc(-c3ccccc3)n2)CC1. The van der Waals surface area contributed by atoms with Crippen molar-refractivity contribution in [2.45, 2.75) is 19.8 Å². The van der Waals surface area contributed by atoms with E-state index in [2.05, 4.69) is 9.88 Å². The fourth-order valence-corrected chi connectivity index (χ4v) is 3.84. The van der Waals surface area contributed by atoms with Gasteiger partial charge in [-0.3, -0.25) is 4.79 Å². The number of hydrogen-bond acceptors (Lipinski definition) is 5. The maximum absolute atomic E-state index is 12.8. The molecule has 0 saturated carbocycles. The molecule has 1 saturated heterocycles. The third-order valence-electron chi connectivity index (χ3n) is 5.51. The molecule has 3 aromatic rings. The monoisotopic (exact) mass is 416 g/mol. The molecular formula is C25H28N4O2. The number of benzene rings is 2. The predicted octanol–water partition coefficient (Wildman–Crippen LogP) is 3.82. The summed E-state index contributed by atoms with van der Waals surface area (Å²) in [5, 5.41) is 0. The van der Waals surface area contributed by atoms with Crippen LogP contribution in [0.15, 0.2) is 66.9 Å². The van der Waals surface area contributed by atoms with E-state index in [1.165, 1.54) is 0 Å². The van der Waals surface area contributed by atoms with E-state index >= 15 is 0 Å². The molecule has 4 rings (SSSR count). The van der Waals surface area contributed by atoms with Gasteiger partial charge in [-0.15, -0.1) is 0 Å². The van der Waals surface area contributed by atoms with Gasteiger partial charge in [0.1, 0.15) is 11.6 Å². The van der Waals surface area contributed by atoms with Gasteiger partial charge in [0.25, 0.3) is 0 Å². The highest BCUT2D eigenvalue weighted by Gasteiger charge is 2.22. The Morgan fingerprint density at radius 2 is 1.71 bits per heavy atom. The average molecular weight is 417 g/mol. The Labute approximate surface area is 183 Å². The topological polar surface area (TPSA) is 58.6 Å². The Hall–Kier alpha value is -3.41. The number of aryl methyl sites for hydroxylation is 1. The highest BCUT2D eigenvalue weighted by molar-refractivity contribution is 5.77. The molecule has 160 valence electrons. The number of piperazine rings is 1. The van der Waals surface area contributed by atoms with Crippen LogP contribution in [0.25, 0.3) is 11.4 Å². The van der Waals surface area contributed by atoms with Gasteiger partial charge in [-0.25, -0.2) is 9.97 Å². The van der Waals surface area contributed by atoms with Crippen LogP contribution in [0.5, 0.6) is 5.75 Å². The van der Waals surface area contributed by atoms with Gasteiger partial charge in [-0.05, 0) is 31.0 Å². The molecule has 0 atom stereocenters. The zero-order chi connectivity index (χ0) is 21.5. The van der Waals surface area contributed by atoms with Gasteiger partial charge in [-0.2, -0.15) is 0 Å². The molecule has 1 aliphatic heterocycles. The number of aromatic nitrogens is 2. The highest BCUT2D eigenvalue weighted by atomic mass is 16.5. The molecule has 1 amide bonds. The van der Waals surface area contributed by atoms with Crippen molar-refractivity contribution in [3.05, 3.63) is 72.4 Å². The van der Waals surface area contributed by atoms with Crippen molar-refractivity contribution in [1.29, 1.82) is 0 Å². The summed E-state index contributed by atoms with van der Waals surface area (Å²) in [5.74, 6) is 2.70. The van der Waals surface area contributed by atoms with Crippen molar-refractivity contribution in [3.63, 3.8) is 0 Å². The number of amides is 1. The molecule has 0 spiro atoms. The standard InChI is InChI=1S/C25H28N4O2/c1-2-31-22-11-7-6-8-20(22)12-13-24(30)29-18-16-28(17-19-29)23-14-15-26-25(27-23)21-9-4-3-5-10-21/h3-11,14-15H,2,12-13,16-19H2,1H3. The maximum atomic E-state index is 12.8. The summed E-state index contributed by atoms with van der Waals surface area (Å²) in [5.41, 5.74) is 2.09. The van der Waals surface area contributed by atoms with Crippen molar-refractivity contribution >= 4 is 11.7 Å². The molecule has 31 heavy (non-hydrogen) atoms. The number of carbonyl (C=O) groups is 1. The Morgan fingerprint density at radius 1 is 0.968 bits per heavy atom. The van der Waals surface area contributed by atoms with Gasteiger partial charge >= 0.3 is 0 Å². The van der Waals surface area contributed by atoms with Crippen LogP contribution < -0.4 is 9.64 Å². The quantitative estimate of drug-likeness (QED) is 0.586. The second-order valence-electron chi connectivity index (χ2n) is 7.51. The van der Waals surface area contributed by atoms with Crippen LogP contribution in [-0.4, -0.2) is 53.6 Å². The number of ether oxygens (including phenoxy) is 1. The van der Waals surface area contributed by atoms with Crippen LogP contribution in [0.4, 0.5) is 5.82 Å². The molecule has 6 nitrogen and oxygen atoms in total. The number of rotatable bonds is 7. The van der Waals surface area contributed by atoms with Crippen LogP contribution in [0.3, 0.4) is 0 Å². The van der Waals surface area contributed by atoms with Crippen LogP contribution in [0.2, 0.25) is 0 Å². The number of nitrogens with zero attached hydrogens (tertiary/aromatic N) is 4. The molecule has 0 aliphatic carbocycles. The lowest BCUT2D eigenvalue weighted by Gasteiger charge is -2.35. The fraction of sp³-hybridized carbons (Fsp3) is 0.320. The van der Waals surface area contributed by atoms with Gasteiger partial charge in [0.15, 0.2) is 5.82 Å². The molecular weight excluding hydrogens is 388 g/mol. The first-order valence-electron chi connectivity index (χ1n) is 10.9. The predicted molar refractivity (Wildman–Crippen MR) is 122 cm³/mol. The molecule has 2 heterocycles. The van der Waals surface area contributed by atoms with Crippen LogP contribution >= 0.6 is 0 Å². The molecule has 2 aromatic carbocycles. The first-order chi connectivity index (χ1) is 15.2. The Kier molecular flexibility index (Phi) is 6.77. The molecule has 1 fully saturated rings. The molecule has 0 unspecified atom stereocenters. The molecule has 0 N–H and O–H groups in total. The van der Waals surface area contributed by atoms with Gasteiger partial charge in [-0.1, -0.05) is 48.5 Å².